The topological polar surface area (TPSA) is 125 Å². The minimum atomic E-state index is -4.17. The number of sulfonamides is 2. The van der Waals surface area contributed by atoms with Crippen LogP contribution in [0, 0.1) is 0 Å². The fourth-order valence-electron chi connectivity index (χ4n) is 4.80. The van der Waals surface area contributed by atoms with Crippen molar-refractivity contribution in [2.24, 2.45) is 0 Å². The average molecular weight is 667 g/mol. The van der Waals surface area contributed by atoms with Gasteiger partial charge in [-0.05, 0) is 60.7 Å². The lowest BCUT2D eigenvalue weighted by molar-refractivity contribution is 0.102. The van der Waals surface area contributed by atoms with Gasteiger partial charge in [0, 0.05) is 24.3 Å². The average Bonchev–Trinajstić information content (AvgIpc) is 3.05. The molecule has 13 heteroatoms. The molecule has 0 aromatic heterocycles. The minimum absolute atomic E-state index is 0.0255. The molecule has 5 rings (SSSR count). The molecule has 1 aliphatic rings. The lowest BCUT2D eigenvalue weighted by Gasteiger charge is -2.30. The molecule has 0 radical (unpaired) electrons. The summed E-state index contributed by atoms with van der Waals surface area (Å²) in [6.45, 7) is 5.53. The Balaban J connectivity index is 1.46. The van der Waals surface area contributed by atoms with E-state index in [9.17, 15) is 21.6 Å². The molecule has 0 spiro atoms. The third-order valence-electron chi connectivity index (χ3n) is 7.00. The molecule has 0 atom stereocenters. The first-order chi connectivity index (χ1) is 21.6. The van der Waals surface area contributed by atoms with Gasteiger partial charge in [0.25, 0.3) is 26.0 Å². The van der Waals surface area contributed by atoms with Crippen molar-refractivity contribution in [3.63, 3.8) is 0 Å². The van der Waals surface area contributed by atoms with Crippen molar-refractivity contribution < 1.29 is 26.4 Å². The molecule has 0 unspecified atom stereocenters. The van der Waals surface area contributed by atoms with E-state index in [1.54, 1.807) is 66.7 Å². The molecule has 45 heavy (non-hydrogen) atoms. The summed E-state index contributed by atoms with van der Waals surface area (Å²) in [6.07, 6.45) is 1.48. The van der Waals surface area contributed by atoms with Crippen molar-refractivity contribution in [3.05, 3.63) is 120 Å². The van der Waals surface area contributed by atoms with Crippen LogP contribution in [0.15, 0.2) is 120 Å². The van der Waals surface area contributed by atoms with Crippen LogP contribution < -0.4 is 19.2 Å². The second-order valence-corrected chi connectivity index (χ2v) is 13.9. The molecule has 0 aliphatic carbocycles. The molecule has 4 aromatic carbocycles. The molecular formula is C32H31ClN4O6S2. The van der Waals surface area contributed by atoms with E-state index in [-0.39, 0.29) is 38.3 Å². The molecule has 2 N–H and O–H groups in total. The maximum absolute atomic E-state index is 13.7. The fraction of sp³-hybridized carbons (Fsp3) is 0.156. The lowest BCUT2D eigenvalue weighted by Crippen LogP contribution is -2.37. The Morgan fingerprint density at radius 3 is 2.33 bits per heavy atom. The third kappa shape index (κ3) is 7.31. The summed E-state index contributed by atoms with van der Waals surface area (Å²) in [5.74, 6) is -0.622. The smallest absolute Gasteiger partial charge is 0.264 e. The maximum atomic E-state index is 13.7. The number of hydrogen-bond donors (Lipinski definition) is 2. The predicted octanol–water partition coefficient (Wildman–Crippen LogP) is 5.61. The number of nitrogens with one attached hydrogen (secondary N) is 2. The van der Waals surface area contributed by atoms with Gasteiger partial charge in [-0.25, -0.2) is 16.8 Å². The molecule has 0 saturated carbocycles. The van der Waals surface area contributed by atoms with Crippen molar-refractivity contribution >= 4 is 60.3 Å². The molecule has 1 fully saturated rings. The zero-order valence-corrected chi connectivity index (χ0v) is 26.5. The first kappa shape index (κ1) is 32.0. The number of rotatable bonds is 11. The van der Waals surface area contributed by atoms with Gasteiger partial charge in [0.2, 0.25) is 0 Å². The predicted molar refractivity (Wildman–Crippen MR) is 177 cm³/mol. The number of morpholine rings is 1. The van der Waals surface area contributed by atoms with Crippen LogP contribution in [0.3, 0.4) is 0 Å². The first-order valence-electron chi connectivity index (χ1n) is 13.9. The monoisotopic (exact) mass is 666 g/mol. The van der Waals surface area contributed by atoms with Gasteiger partial charge in [-0.1, -0.05) is 54.1 Å². The van der Waals surface area contributed by atoms with Crippen LogP contribution in [0.1, 0.15) is 10.4 Å². The first-order valence-corrected chi connectivity index (χ1v) is 17.2. The summed E-state index contributed by atoms with van der Waals surface area (Å²) in [7, 11) is -8.22. The number of carbonyl (C=O) groups excluding carboxylic acids is 1. The molecule has 1 amide bonds. The highest BCUT2D eigenvalue weighted by atomic mass is 35.5. The maximum Gasteiger partial charge on any atom is 0.264 e. The Morgan fingerprint density at radius 2 is 1.62 bits per heavy atom. The number of carbonyl (C=O) groups is 1. The highest BCUT2D eigenvalue weighted by Crippen LogP contribution is 2.33. The zero-order chi connectivity index (χ0) is 32.0. The van der Waals surface area contributed by atoms with E-state index in [2.05, 4.69) is 16.6 Å². The minimum Gasteiger partial charge on any atom is -0.378 e. The van der Waals surface area contributed by atoms with Crippen molar-refractivity contribution in [3.8, 4) is 0 Å². The summed E-state index contributed by atoms with van der Waals surface area (Å²) < 4.78 is 63.8. The van der Waals surface area contributed by atoms with Crippen LogP contribution in [0.4, 0.5) is 22.7 Å². The van der Waals surface area contributed by atoms with E-state index >= 15 is 0 Å². The summed E-state index contributed by atoms with van der Waals surface area (Å²) in [5.41, 5.74) is 1.36. The van der Waals surface area contributed by atoms with Crippen LogP contribution in [0.5, 0.6) is 0 Å². The van der Waals surface area contributed by atoms with Crippen LogP contribution in [-0.4, -0.2) is 55.6 Å². The van der Waals surface area contributed by atoms with E-state index in [1.807, 2.05) is 4.90 Å². The van der Waals surface area contributed by atoms with Gasteiger partial charge in [-0.3, -0.25) is 13.8 Å². The molecule has 1 aliphatic heterocycles. The van der Waals surface area contributed by atoms with Gasteiger partial charge in [-0.15, -0.1) is 6.58 Å². The van der Waals surface area contributed by atoms with Gasteiger partial charge in [0.1, 0.15) is 4.90 Å². The van der Waals surface area contributed by atoms with Crippen molar-refractivity contribution in [2.45, 2.75) is 9.79 Å². The third-order valence-corrected chi connectivity index (χ3v) is 10.5. The Hall–Kier alpha value is -4.36. The van der Waals surface area contributed by atoms with Crippen LogP contribution in [0.2, 0.25) is 5.02 Å². The molecule has 4 aromatic rings. The molecule has 234 valence electrons. The molecule has 0 bridgehead atoms. The Bertz CT molecular complexity index is 1920. The van der Waals surface area contributed by atoms with Crippen LogP contribution in [0.25, 0.3) is 0 Å². The Kier molecular flexibility index (Phi) is 9.78. The van der Waals surface area contributed by atoms with Gasteiger partial charge >= 0.3 is 0 Å². The van der Waals surface area contributed by atoms with E-state index in [0.29, 0.717) is 37.7 Å². The number of nitrogens with zero attached hydrogens (tertiary/aromatic N) is 2. The fourth-order valence-corrected chi connectivity index (χ4v) is 7.85. The number of amides is 1. The normalized spacial score (nSPS) is 13.6. The summed E-state index contributed by atoms with van der Waals surface area (Å²) in [6, 6.07) is 25.3. The van der Waals surface area contributed by atoms with Crippen molar-refractivity contribution in [1.29, 1.82) is 0 Å². The number of anilines is 4. The standard InChI is InChI=1S/C32H31ClN4O6S2/c1-2-17-37(26-10-4-3-5-11-26)45(41,42)27-12-8-9-24(22-27)32(38)34-25-15-16-30(36-18-20-43-21-19-36)31(23-25)44(39,40)35-29-14-7-6-13-28(29)33/h2-16,22-23,35H,1,17-21H2,(H,34,38). The number of benzene rings is 4. The molecular weight excluding hydrogens is 636 g/mol. The summed E-state index contributed by atoms with van der Waals surface area (Å²) >= 11 is 6.23. The van der Waals surface area contributed by atoms with Gasteiger partial charge in [0.05, 0.1) is 46.7 Å². The molecule has 1 saturated heterocycles. The van der Waals surface area contributed by atoms with Crippen LogP contribution in [-0.2, 0) is 24.8 Å². The second-order valence-electron chi connectivity index (χ2n) is 10.0. The van der Waals surface area contributed by atoms with E-state index in [1.165, 1.54) is 40.7 Å². The highest BCUT2D eigenvalue weighted by Gasteiger charge is 2.27. The number of para-hydroxylation sites is 2. The number of hydrogen-bond acceptors (Lipinski definition) is 7. The SMILES string of the molecule is C=CCN(c1ccccc1)S(=O)(=O)c1cccc(C(=O)Nc2ccc(N3CCOCC3)c(S(=O)(=O)Nc3ccccc3Cl)c2)c1. The van der Waals surface area contributed by atoms with Crippen molar-refractivity contribution in [2.75, 3.05) is 52.1 Å². The van der Waals surface area contributed by atoms with E-state index in [4.69, 9.17) is 16.3 Å². The summed E-state index contributed by atoms with van der Waals surface area (Å²) in [5, 5.41) is 2.94. The lowest BCUT2D eigenvalue weighted by atomic mass is 10.2. The van der Waals surface area contributed by atoms with Gasteiger partial charge in [0.15, 0.2) is 0 Å². The largest absolute Gasteiger partial charge is 0.378 e. The van der Waals surface area contributed by atoms with Crippen molar-refractivity contribution in [1.82, 2.24) is 0 Å². The van der Waals surface area contributed by atoms with E-state index < -0.39 is 26.0 Å². The molecule has 10 nitrogen and oxygen atoms in total. The summed E-state index contributed by atoms with van der Waals surface area (Å²) in [4.78, 5) is 15.1. The zero-order valence-electron chi connectivity index (χ0n) is 24.1. The quantitative estimate of drug-likeness (QED) is 0.199. The highest BCUT2D eigenvalue weighted by molar-refractivity contribution is 7.93. The number of ether oxygens (including phenoxy) is 1. The Morgan fingerprint density at radius 1 is 0.911 bits per heavy atom. The second kappa shape index (κ2) is 13.7. The molecule has 1 heterocycles. The van der Waals surface area contributed by atoms with E-state index in [0.717, 1.165) is 0 Å². The Labute approximate surface area is 268 Å². The van der Waals surface area contributed by atoms with Crippen LogP contribution >= 0.6 is 11.6 Å². The number of halogens is 1. The van der Waals surface area contributed by atoms with Gasteiger partial charge in [-0.2, -0.15) is 0 Å². The van der Waals surface area contributed by atoms with Gasteiger partial charge < -0.3 is 15.0 Å².